The minimum absolute atomic E-state index is 0.0515. The molecule has 1 amide bonds. The molecule has 2 N–H and O–H groups in total. The number of aromatic amines is 1. The Kier molecular flexibility index (Phi) is 3.44. The van der Waals surface area contributed by atoms with E-state index in [4.69, 9.17) is 0 Å². The third-order valence-corrected chi connectivity index (χ3v) is 3.63. The van der Waals surface area contributed by atoms with Gasteiger partial charge in [-0.2, -0.15) is 5.10 Å². The molecule has 3 rings (SSSR count). The second-order valence-electron chi connectivity index (χ2n) is 4.40. The quantitative estimate of drug-likeness (QED) is 0.758. The van der Waals surface area contributed by atoms with Gasteiger partial charge in [0.1, 0.15) is 5.01 Å². The van der Waals surface area contributed by atoms with E-state index in [-0.39, 0.29) is 17.9 Å². The summed E-state index contributed by atoms with van der Waals surface area (Å²) in [5.41, 5.74) is 0.249. The van der Waals surface area contributed by atoms with E-state index in [2.05, 4.69) is 25.7 Å². The zero-order chi connectivity index (χ0) is 14.8. The lowest BCUT2D eigenvalue weighted by Crippen LogP contribution is -2.18. The molecule has 1 aromatic carbocycles. The van der Waals surface area contributed by atoms with Crippen molar-refractivity contribution in [3.8, 4) is 0 Å². The minimum atomic E-state index is -0.269. The van der Waals surface area contributed by atoms with Gasteiger partial charge in [-0.05, 0) is 13.0 Å². The second-order valence-corrected chi connectivity index (χ2v) is 5.58. The lowest BCUT2D eigenvalue weighted by molar-refractivity contribution is -0.115. The summed E-state index contributed by atoms with van der Waals surface area (Å²) in [6, 6.07) is 7.05. The van der Waals surface area contributed by atoms with Gasteiger partial charge in [0.2, 0.25) is 11.0 Å². The Hall–Kier alpha value is -2.61. The highest BCUT2D eigenvalue weighted by Gasteiger charge is 2.12. The second kappa shape index (κ2) is 5.41. The summed E-state index contributed by atoms with van der Waals surface area (Å²) < 4.78 is 0. The SMILES string of the molecule is Cc1nnc(NC(=O)Cc2n[nH]c(=O)c3ccccc23)s1. The molecule has 0 bridgehead atoms. The molecule has 8 heteroatoms. The molecule has 0 aliphatic carbocycles. The summed E-state index contributed by atoms with van der Waals surface area (Å²) in [6.45, 7) is 1.81. The standard InChI is InChI=1S/C13H11N5O2S/c1-7-15-18-13(21-7)14-11(19)6-10-8-4-2-3-5-9(8)12(20)17-16-10/h2-5H,6H2,1H3,(H,17,20)(H,14,18,19). The van der Waals surface area contributed by atoms with E-state index in [1.165, 1.54) is 11.3 Å². The first kappa shape index (κ1) is 13.4. The van der Waals surface area contributed by atoms with Crippen molar-refractivity contribution in [3.05, 3.63) is 45.3 Å². The van der Waals surface area contributed by atoms with Crippen LogP contribution < -0.4 is 10.9 Å². The number of carbonyl (C=O) groups is 1. The number of anilines is 1. The van der Waals surface area contributed by atoms with Crippen LogP contribution in [0.3, 0.4) is 0 Å². The molecule has 0 aliphatic heterocycles. The van der Waals surface area contributed by atoms with Gasteiger partial charge in [0.15, 0.2) is 0 Å². The fraction of sp³-hybridized carbons (Fsp3) is 0.154. The molecule has 0 radical (unpaired) electrons. The Bertz CT molecular complexity index is 870. The molecular weight excluding hydrogens is 290 g/mol. The number of fused-ring (bicyclic) bond motifs is 1. The fourth-order valence-electron chi connectivity index (χ4n) is 1.97. The van der Waals surface area contributed by atoms with Gasteiger partial charge in [0.25, 0.3) is 5.56 Å². The number of benzene rings is 1. The predicted molar refractivity (Wildman–Crippen MR) is 79.3 cm³/mol. The van der Waals surface area contributed by atoms with Crippen LogP contribution in [0, 0.1) is 6.92 Å². The van der Waals surface area contributed by atoms with E-state index >= 15 is 0 Å². The first-order valence-corrected chi connectivity index (χ1v) is 7.01. The van der Waals surface area contributed by atoms with Crippen molar-refractivity contribution in [3.63, 3.8) is 0 Å². The van der Waals surface area contributed by atoms with Crippen molar-refractivity contribution < 1.29 is 4.79 Å². The smallest absolute Gasteiger partial charge is 0.272 e. The Morgan fingerprint density at radius 3 is 2.76 bits per heavy atom. The summed E-state index contributed by atoms with van der Waals surface area (Å²) in [5.74, 6) is -0.254. The molecule has 21 heavy (non-hydrogen) atoms. The van der Waals surface area contributed by atoms with Gasteiger partial charge in [-0.25, -0.2) is 5.10 Å². The minimum Gasteiger partial charge on any atom is -0.300 e. The molecule has 106 valence electrons. The summed E-state index contributed by atoms with van der Waals surface area (Å²) in [5, 5.41) is 19.1. The molecule has 2 aromatic heterocycles. The number of aromatic nitrogens is 4. The number of hydrogen-bond donors (Lipinski definition) is 2. The Morgan fingerprint density at radius 1 is 1.29 bits per heavy atom. The number of nitrogens with zero attached hydrogens (tertiary/aromatic N) is 3. The number of hydrogen-bond acceptors (Lipinski definition) is 6. The van der Waals surface area contributed by atoms with Gasteiger partial charge < -0.3 is 5.32 Å². The van der Waals surface area contributed by atoms with Crippen LogP contribution in [0.2, 0.25) is 0 Å². The summed E-state index contributed by atoms with van der Waals surface area (Å²) in [6.07, 6.45) is 0.0515. The molecule has 7 nitrogen and oxygen atoms in total. The Balaban J connectivity index is 1.86. The molecular formula is C13H11N5O2S. The van der Waals surface area contributed by atoms with Crippen LogP contribution in [0.15, 0.2) is 29.1 Å². The van der Waals surface area contributed by atoms with Crippen molar-refractivity contribution >= 4 is 33.1 Å². The van der Waals surface area contributed by atoms with Gasteiger partial charge in [0, 0.05) is 5.39 Å². The van der Waals surface area contributed by atoms with Crippen molar-refractivity contribution in [2.24, 2.45) is 0 Å². The Morgan fingerprint density at radius 2 is 2.05 bits per heavy atom. The van der Waals surface area contributed by atoms with Crippen LogP contribution in [-0.2, 0) is 11.2 Å². The van der Waals surface area contributed by atoms with Crippen LogP contribution in [0.25, 0.3) is 10.8 Å². The van der Waals surface area contributed by atoms with Crippen molar-refractivity contribution in [2.75, 3.05) is 5.32 Å². The fourth-order valence-corrected chi connectivity index (χ4v) is 2.58. The number of carbonyl (C=O) groups excluding carboxylic acids is 1. The highest BCUT2D eigenvalue weighted by atomic mass is 32.1. The van der Waals surface area contributed by atoms with Gasteiger partial charge in [-0.3, -0.25) is 9.59 Å². The van der Waals surface area contributed by atoms with Crippen molar-refractivity contribution in [2.45, 2.75) is 13.3 Å². The predicted octanol–water partition coefficient (Wildman–Crippen LogP) is 1.26. The highest BCUT2D eigenvalue weighted by molar-refractivity contribution is 7.15. The van der Waals surface area contributed by atoms with E-state index in [0.717, 1.165) is 5.01 Å². The van der Waals surface area contributed by atoms with Crippen LogP contribution in [0.5, 0.6) is 0 Å². The number of nitrogens with one attached hydrogen (secondary N) is 2. The van der Waals surface area contributed by atoms with E-state index in [1.807, 2.05) is 6.92 Å². The molecule has 0 spiro atoms. The van der Waals surface area contributed by atoms with E-state index in [1.54, 1.807) is 24.3 Å². The average Bonchev–Trinajstić information content (AvgIpc) is 2.87. The molecule has 0 fully saturated rings. The monoisotopic (exact) mass is 301 g/mol. The number of amides is 1. The number of aryl methyl sites for hydroxylation is 1. The van der Waals surface area contributed by atoms with E-state index < -0.39 is 0 Å². The largest absolute Gasteiger partial charge is 0.300 e. The Labute approximate surface area is 123 Å². The molecule has 0 aliphatic rings. The van der Waals surface area contributed by atoms with Crippen LogP contribution in [-0.4, -0.2) is 26.3 Å². The normalized spacial score (nSPS) is 10.7. The first-order chi connectivity index (χ1) is 10.1. The molecule has 3 aromatic rings. The summed E-state index contributed by atoms with van der Waals surface area (Å²) in [4.78, 5) is 23.7. The highest BCUT2D eigenvalue weighted by Crippen LogP contribution is 2.16. The summed E-state index contributed by atoms with van der Waals surface area (Å²) >= 11 is 1.30. The molecule has 0 atom stereocenters. The lowest BCUT2D eigenvalue weighted by atomic mass is 10.1. The van der Waals surface area contributed by atoms with Crippen LogP contribution in [0.4, 0.5) is 5.13 Å². The maximum Gasteiger partial charge on any atom is 0.272 e. The van der Waals surface area contributed by atoms with E-state index in [0.29, 0.717) is 21.6 Å². The zero-order valence-electron chi connectivity index (χ0n) is 11.1. The van der Waals surface area contributed by atoms with Gasteiger partial charge in [-0.1, -0.05) is 29.5 Å². The molecule has 2 heterocycles. The topological polar surface area (TPSA) is 101 Å². The van der Waals surface area contributed by atoms with E-state index in [9.17, 15) is 9.59 Å². The number of rotatable bonds is 3. The van der Waals surface area contributed by atoms with Crippen molar-refractivity contribution in [1.82, 2.24) is 20.4 Å². The molecule has 0 saturated carbocycles. The van der Waals surface area contributed by atoms with Gasteiger partial charge in [0.05, 0.1) is 17.5 Å². The zero-order valence-corrected chi connectivity index (χ0v) is 11.9. The molecule has 0 saturated heterocycles. The number of H-pyrrole nitrogens is 1. The summed E-state index contributed by atoms with van der Waals surface area (Å²) in [7, 11) is 0. The van der Waals surface area contributed by atoms with Crippen LogP contribution in [0.1, 0.15) is 10.7 Å². The van der Waals surface area contributed by atoms with Crippen LogP contribution >= 0.6 is 11.3 Å². The maximum absolute atomic E-state index is 12.0. The van der Waals surface area contributed by atoms with Gasteiger partial charge >= 0.3 is 0 Å². The maximum atomic E-state index is 12.0. The van der Waals surface area contributed by atoms with Crippen molar-refractivity contribution in [1.29, 1.82) is 0 Å². The third kappa shape index (κ3) is 2.79. The average molecular weight is 301 g/mol. The molecule has 0 unspecified atom stereocenters. The third-order valence-electron chi connectivity index (χ3n) is 2.88. The lowest BCUT2D eigenvalue weighted by Gasteiger charge is -2.04. The van der Waals surface area contributed by atoms with Gasteiger partial charge in [-0.15, -0.1) is 10.2 Å². The first-order valence-electron chi connectivity index (χ1n) is 6.20.